The molecule has 141 heavy (non-hydrogen) atoms. The van der Waals surface area contributed by atoms with E-state index in [2.05, 4.69) is 117 Å². The predicted molar refractivity (Wildman–Crippen MR) is 555 cm³/mol. The van der Waals surface area contributed by atoms with Gasteiger partial charge in [0.25, 0.3) is 39.6 Å². The number of aromatic nitrogens is 5. The van der Waals surface area contributed by atoms with Crippen molar-refractivity contribution < 1.29 is 87.3 Å². The number of thiazole rings is 5. The third-order valence-corrected chi connectivity index (χ3v) is 29.7. The highest BCUT2D eigenvalue weighted by molar-refractivity contribution is 7.93. The second kappa shape index (κ2) is 54.3. The number of sulfonamides is 1. The first-order valence-corrected chi connectivity index (χ1v) is 51.8. The number of hydrogen-bond donors (Lipinski definition) is 16. The summed E-state index contributed by atoms with van der Waals surface area (Å²) in [6.07, 6.45) is 4.12. The fourth-order valence-electron chi connectivity index (χ4n) is 12.0. The molecule has 0 radical (unpaired) electrons. The van der Waals surface area contributed by atoms with Crippen molar-refractivity contribution in [2.45, 2.75) is 37.8 Å². The first-order valence-electron chi connectivity index (χ1n) is 41.8. The Hall–Kier alpha value is -14.4. The maximum atomic E-state index is 12.3. The number of carbonyl (C=O) groups excluding carboxylic acids is 9. The zero-order valence-corrected chi connectivity index (χ0v) is 82.8. The summed E-state index contributed by atoms with van der Waals surface area (Å²) in [6.45, 7) is 2.77. The molecule has 16 N–H and O–H groups in total. The Morgan fingerprint density at radius 2 is 0.766 bits per heavy atom. The van der Waals surface area contributed by atoms with Gasteiger partial charge >= 0.3 is 0 Å². The molecule has 33 nitrogen and oxygen atoms in total. The zero-order valence-electron chi connectivity index (χ0n) is 73.8. The maximum absolute atomic E-state index is 12.3. The van der Waals surface area contributed by atoms with Crippen LogP contribution in [0.1, 0.15) is 83.1 Å². The SMILES string of the molecule is CC(=O)Nc1nc(-c2ccc(/C=C/C(=O)NO)cc2)cs1.O=C(CO)c1ccc(-c2csc(NS(=O)(=O)c3ccccc3)n2)s1.O=C(COc1ccccc1)Nc1nc(-c2ccc(C(=O)NO)s2)cs1.O=C(Cc1ccccc1)Nc1nc(-c2ccc(C(=O)CO)s2)cs1.O=C(NO)c1ccc(-c2ccc(CNCCc3ccccc3)cc2)s1.O=C(NO)c1ccc(-c2csc(NCc3ccccc3)n2)s1. The van der Waals surface area contributed by atoms with E-state index >= 15 is 0 Å². The first kappa shape index (κ1) is 106. The second-order valence-electron chi connectivity index (χ2n) is 28.8. The summed E-state index contributed by atoms with van der Waals surface area (Å²) in [5, 5.41) is 78.7. The number of hydroxylamine groups is 4. The molecule has 0 saturated carbocycles. The van der Waals surface area contributed by atoms with Gasteiger partial charge in [-0.05, 0) is 137 Å². The minimum atomic E-state index is -3.68. The standard InChI is InChI=1S/C20H20N2O2S.C17H14N2O3S2.C16H13N3O4S2.C15H13N3O2S2.C15H12N2O4S3.C14H13N3O3S/c23-20(22-24)19-11-10-18(25-19)17-8-6-16(7-9-17)14-21-13-12-15-4-2-1-3-5-15;20-9-13(21)15-7-6-14(24-15)12-10-23-17(18-12)19-16(22)8-11-4-2-1-3-5-11;20-14(8-23-10-4-2-1-3-5-10)18-16-17-11(9-24-16)12-6-7-13(25-12)15(21)19-22;19-14(18-20)13-7-6-12(22-13)11-9-21-15(17-11)16-8-10-4-2-1-3-5-10;18-8-12(19)14-7-6-13(23-14)11-9-22-15(16-11)17-24(20,21)10-4-2-1-3-5-10;1-9(18)15-14-16-12(8-21-14)11-5-2-10(3-6-11)4-7-13(19)17-20/h1-11,21,24H,12-14H2,(H,22,23);1-7,10,20H,8-9H2,(H,18,19,22);1-7,9,22H,8H2,(H,19,21)(H,17,18,20);1-7,9,20H,8H2,(H,16,17)(H,18,19);1-7,9,18H,8H2,(H,16,17);2-8,20H,1H3,(H,17,19)(H,15,16,18)/b;;;;;7-4+. The highest BCUT2D eigenvalue weighted by atomic mass is 32.2. The molecule has 0 aliphatic carbocycles. The Morgan fingerprint density at radius 3 is 1.26 bits per heavy atom. The lowest BCUT2D eigenvalue weighted by molar-refractivity contribution is -0.124. The van der Waals surface area contributed by atoms with Crippen molar-refractivity contribution in [3.8, 4) is 69.7 Å². The molecule has 0 unspecified atom stereocenters. The van der Waals surface area contributed by atoms with Crippen molar-refractivity contribution in [3.05, 3.63) is 346 Å². The average molecular weight is 2100 g/mol. The molecule has 17 rings (SSSR count). The number of ketones is 2. The molecule has 7 aromatic carbocycles. The average Bonchev–Trinajstić information content (AvgIpc) is 1.73. The van der Waals surface area contributed by atoms with E-state index in [-0.39, 0.29) is 45.9 Å². The highest BCUT2D eigenvalue weighted by Gasteiger charge is 2.22. The molecule has 0 bridgehead atoms. The van der Waals surface area contributed by atoms with Gasteiger partial charge in [0.1, 0.15) is 19.0 Å². The Balaban J connectivity index is 0.000000151. The molecule has 10 heterocycles. The summed E-state index contributed by atoms with van der Waals surface area (Å²) < 4.78 is 32.3. The van der Waals surface area contributed by atoms with Crippen LogP contribution >= 0.6 is 113 Å². The summed E-state index contributed by atoms with van der Waals surface area (Å²) >= 11 is 13.0. The number of nitrogens with zero attached hydrogens (tertiary/aromatic N) is 5. The Labute approximate surface area is 846 Å². The van der Waals surface area contributed by atoms with Gasteiger partial charge in [-0.1, -0.05) is 176 Å². The van der Waals surface area contributed by atoms with Crippen LogP contribution in [0.15, 0.2) is 299 Å². The first-order chi connectivity index (χ1) is 68.4. The molecule has 44 heteroatoms. The summed E-state index contributed by atoms with van der Waals surface area (Å²) in [6, 6.07) is 80.0. The van der Waals surface area contributed by atoms with E-state index in [0.717, 1.165) is 101 Å². The molecule has 0 saturated heterocycles. The number of para-hydroxylation sites is 1. The number of anilines is 5. The molecule has 10 aromatic heterocycles. The molecule has 0 atom stereocenters. The predicted octanol–water partition coefficient (Wildman–Crippen LogP) is 18.8. The van der Waals surface area contributed by atoms with Gasteiger partial charge in [0, 0.05) is 63.4 Å². The number of aliphatic hydroxyl groups is 2. The van der Waals surface area contributed by atoms with Crippen LogP contribution in [-0.2, 0) is 55.1 Å². The normalized spacial score (nSPS) is 10.6. The largest absolute Gasteiger partial charge is 0.484 e. The third-order valence-electron chi connectivity index (χ3n) is 18.8. The van der Waals surface area contributed by atoms with Crippen molar-refractivity contribution in [1.82, 2.24) is 52.2 Å². The van der Waals surface area contributed by atoms with Crippen molar-refractivity contribution in [1.29, 1.82) is 0 Å². The number of nitrogens with one attached hydrogen (secondary N) is 10. The van der Waals surface area contributed by atoms with Crippen LogP contribution < -0.4 is 58.0 Å². The number of ether oxygens (including phenoxy) is 1. The molecular formula is C97H85N15O18S11. The number of thiophene rings is 5. The fourth-order valence-corrected chi connectivity index (χ4v) is 21.6. The smallest absolute Gasteiger partial charge is 0.284 e. The molecular weight excluding hydrogens is 2020 g/mol. The van der Waals surface area contributed by atoms with Crippen LogP contribution in [-0.4, -0.2) is 144 Å². The van der Waals surface area contributed by atoms with Gasteiger partial charge in [-0.2, -0.15) is 0 Å². The van der Waals surface area contributed by atoms with E-state index in [9.17, 15) is 51.6 Å². The quantitative estimate of drug-likeness (QED) is 0.00585. The number of Topliss-reactive ketones (excluding diaryl/α,β-unsaturated/α-hetero) is 2. The summed E-state index contributed by atoms with van der Waals surface area (Å²) in [5.41, 5.74) is 17.4. The molecule has 0 aliphatic rings. The van der Waals surface area contributed by atoms with Crippen LogP contribution in [0.5, 0.6) is 5.75 Å². The summed E-state index contributed by atoms with van der Waals surface area (Å²) in [7, 11) is -3.68. The van der Waals surface area contributed by atoms with Crippen molar-refractivity contribution in [2.24, 2.45) is 0 Å². The number of carbonyl (C=O) groups is 9. The monoisotopic (exact) mass is 2100 g/mol. The van der Waals surface area contributed by atoms with Gasteiger partial charge < -0.3 is 36.2 Å². The lowest BCUT2D eigenvalue weighted by Crippen LogP contribution is -2.19. The lowest BCUT2D eigenvalue weighted by Gasteiger charge is -2.06. The fraction of sp³-hybridized carbons (Fsp3) is 0.0928. The molecule has 7 amide bonds. The number of benzene rings is 7. The maximum Gasteiger partial charge on any atom is 0.284 e. The van der Waals surface area contributed by atoms with E-state index in [1.807, 2.05) is 125 Å². The number of amides is 7. The molecule has 0 aliphatic heterocycles. The van der Waals surface area contributed by atoms with Gasteiger partial charge in [-0.25, -0.2) is 55.3 Å². The van der Waals surface area contributed by atoms with E-state index in [0.29, 0.717) is 69.0 Å². The van der Waals surface area contributed by atoms with E-state index in [1.165, 1.54) is 149 Å². The lowest BCUT2D eigenvalue weighted by atomic mass is 10.1. The number of rotatable bonds is 34. The van der Waals surface area contributed by atoms with Crippen LogP contribution in [0.25, 0.3) is 70.1 Å². The molecule has 17 aromatic rings. The topological polar surface area (TPSA) is 503 Å². The van der Waals surface area contributed by atoms with Crippen molar-refractivity contribution in [2.75, 3.05) is 52.4 Å². The van der Waals surface area contributed by atoms with Gasteiger partial charge in [0.05, 0.1) is 83.7 Å². The summed E-state index contributed by atoms with van der Waals surface area (Å²) in [4.78, 5) is 131. The number of aliphatic hydroxyl groups excluding tert-OH is 2. The molecule has 0 spiro atoms. The van der Waals surface area contributed by atoms with Crippen LogP contribution in [0.2, 0.25) is 0 Å². The molecule has 722 valence electrons. The van der Waals surface area contributed by atoms with E-state index in [1.54, 1.807) is 112 Å². The van der Waals surface area contributed by atoms with Crippen molar-refractivity contribution >= 4 is 208 Å². The van der Waals surface area contributed by atoms with Crippen LogP contribution in [0.3, 0.4) is 0 Å². The van der Waals surface area contributed by atoms with Crippen LogP contribution in [0, 0.1) is 0 Å². The van der Waals surface area contributed by atoms with Gasteiger partial charge in [0.2, 0.25) is 11.8 Å². The van der Waals surface area contributed by atoms with Gasteiger partial charge in [-0.3, -0.25) is 74.0 Å². The zero-order chi connectivity index (χ0) is 99.8. The van der Waals surface area contributed by atoms with Crippen LogP contribution in [0.4, 0.5) is 25.7 Å². The minimum absolute atomic E-state index is 0.112. The minimum Gasteiger partial charge on any atom is -0.484 e. The Bertz CT molecular complexity index is 7130. The van der Waals surface area contributed by atoms with E-state index < -0.39 is 46.9 Å². The summed E-state index contributed by atoms with van der Waals surface area (Å²) in [5.74, 6) is -2.77. The molecule has 0 fully saturated rings. The second-order valence-corrected chi connectivity index (χ2v) is 40.2. The van der Waals surface area contributed by atoms with Gasteiger partial charge in [0.15, 0.2) is 43.8 Å². The van der Waals surface area contributed by atoms with Gasteiger partial charge in [-0.15, -0.1) is 113 Å². The van der Waals surface area contributed by atoms with E-state index in [4.69, 9.17) is 35.8 Å². The number of hydrogen-bond acceptors (Lipinski definition) is 35. The Kier molecular flexibility index (Phi) is 40.6. The third kappa shape index (κ3) is 33.2. The van der Waals surface area contributed by atoms with Crippen molar-refractivity contribution in [3.63, 3.8) is 0 Å². The Morgan fingerprint density at radius 1 is 0.376 bits per heavy atom. The highest BCUT2D eigenvalue weighted by Crippen LogP contribution is 2.37.